The molecular weight excluding hydrogens is 148 g/mol. The molecule has 0 aliphatic heterocycles. The number of hydrogen-bond acceptors (Lipinski definition) is 1. The van der Waals surface area contributed by atoms with E-state index in [0.717, 1.165) is 18.3 Å². The van der Waals surface area contributed by atoms with Crippen molar-refractivity contribution >= 4 is 0 Å². The molecule has 0 radical (unpaired) electrons. The zero-order valence-corrected chi connectivity index (χ0v) is 8.38. The zero-order valence-electron chi connectivity index (χ0n) is 8.38. The van der Waals surface area contributed by atoms with Gasteiger partial charge in [-0.05, 0) is 42.9 Å². The van der Waals surface area contributed by atoms with Crippen LogP contribution in [-0.4, -0.2) is 10.7 Å². The second-order valence-electron chi connectivity index (χ2n) is 5.34. The third kappa shape index (κ3) is 1.28. The van der Waals surface area contributed by atoms with Crippen molar-refractivity contribution in [2.45, 2.75) is 45.6 Å². The Morgan fingerprint density at radius 2 is 2.08 bits per heavy atom. The molecule has 2 aliphatic carbocycles. The van der Waals surface area contributed by atoms with Crippen molar-refractivity contribution < 1.29 is 5.11 Å². The minimum absolute atomic E-state index is 0.219. The molecule has 12 heavy (non-hydrogen) atoms. The highest BCUT2D eigenvalue weighted by Gasteiger charge is 2.63. The van der Waals surface area contributed by atoms with Crippen LogP contribution in [0.4, 0.5) is 0 Å². The fourth-order valence-electron chi connectivity index (χ4n) is 2.67. The van der Waals surface area contributed by atoms with Crippen molar-refractivity contribution in [1.82, 2.24) is 0 Å². The van der Waals surface area contributed by atoms with Crippen LogP contribution in [0, 0.1) is 23.7 Å². The van der Waals surface area contributed by atoms with Gasteiger partial charge in [0.1, 0.15) is 0 Å². The third-order valence-electron chi connectivity index (χ3n) is 3.63. The Labute approximate surface area is 75.2 Å². The predicted octanol–water partition coefficient (Wildman–Crippen LogP) is 2.44. The summed E-state index contributed by atoms with van der Waals surface area (Å²) in [7, 11) is 0. The summed E-state index contributed by atoms with van der Waals surface area (Å²) in [5.74, 6) is 2.83. The van der Waals surface area contributed by atoms with Crippen LogP contribution in [0.15, 0.2) is 0 Å². The van der Waals surface area contributed by atoms with Gasteiger partial charge in [-0.25, -0.2) is 0 Å². The van der Waals surface area contributed by atoms with E-state index in [4.69, 9.17) is 0 Å². The standard InChI is InChI=1S/C11H20O/c1-7(2)4-9-6-11(9,12)10-5-8(10)3/h7-10,12H,4-6H2,1-3H3. The van der Waals surface area contributed by atoms with Gasteiger partial charge in [0.25, 0.3) is 0 Å². The highest BCUT2D eigenvalue weighted by atomic mass is 16.3. The lowest BCUT2D eigenvalue weighted by molar-refractivity contribution is 0.0975. The van der Waals surface area contributed by atoms with Gasteiger partial charge in [0, 0.05) is 0 Å². The molecule has 2 saturated carbocycles. The van der Waals surface area contributed by atoms with Gasteiger partial charge in [-0.15, -0.1) is 0 Å². The van der Waals surface area contributed by atoms with Crippen molar-refractivity contribution in [1.29, 1.82) is 0 Å². The zero-order chi connectivity index (χ0) is 8.93. The SMILES string of the molecule is CC(C)CC1CC1(O)C1CC1C. The molecule has 0 heterocycles. The Kier molecular flexibility index (Phi) is 1.76. The lowest BCUT2D eigenvalue weighted by Crippen LogP contribution is -2.15. The molecule has 0 bridgehead atoms. The van der Waals surface area contributed by atoms with Crippen LogP contribution in [0.5, 0.6) is 0 Å². The molecule has 2 fully saturated rings. The van der Waals surface area contributed by atoms with E-state index >= 15 is 0 Å². The normalized spacial score (nSPS) is 51.2. The summed E-state index contributed by atoms with van der Waals surface area (Å²) >= 11 is 0. The van der Waals surface area contributed by atoms with Crippen LogP contribution >= 0.6 is 0 Å². The van der Waals surface area contributed by atoms with E-state index < -0.39 is 0 Å². The highest BCUT2D eigenvalue weighted by molar-refractivity contribution is 5.13. The van der Waals surface area contributed by atoms with Gasteiger partial charge < -0.3 is 5.11 Å². The molecule has 1 nitrogen and oxygen atoms in total. The Balaban J connectivity index is 1.84. The molecule has 70 valence electrons. The fraction of sp³-hybridized carbons (Fsp3) is 1.00. The largest absolute Gasteiger partial charge is 0.389 e. The molecule has 0 spiro atoms. The molecule has 1 heteroatoms. The van der Waals surface area contributed by atoms with E-state index in [1.54, 1.807) is 0 Å². The average Bonchev–Trinajstić information content (AvgIpc) is 2.75. The molecule has 4 unspecified atom stereocenters. The first kappa shape index (κ1) is 8.55. The molecule has 2 aliphatic rings. The quantitative estimate of drug-likeness (QED) is 0.686. The Hall–Kier alpha value is -0.0400. The van der Waals surface area contributed by atoms with Crippen molar-refractivity contribution in [2.75, 3.05) is 0 Å². The van der Waals surface area contributed by atoms with E-state index in [0.29, 0.717) is 11.8 Å². The third-order valence-corrected chi connectivity index (χ3v) is 3.63. The number of rotatable bonds is 3. The second-order valence-corrected chi connectivity index (χ2v) is 5.34. The summed E-state index contributed by atoms with van der Waals surface area (Å²) in [4.78, 5) is 0. The van der Waals surface area contributed by atoms with Crippen LogP contribution in [0.2, 0.25) is 0 Å². The maximum Gasteiger partial charge on any atom is 0.0711 e. The highest BCUT2D eigenvalue weighted by Crippen LogP contribution is 2.62. The van der Waals surface area contributed by atoms with Gasteiger partial charge >= 0.3 is 0 Å². The Bertz CT molecular complexity index is 187. The van der Waals surface area contributed by atoms with E-state index in [1.165, 1.54) is 12.8 Å². The maximum absolute atomic E-state index is 10.1. The number of hydrogen-bond donors (Lipinski definition) is 1. The van der Waals surface area contributed by atoms with Crippen molar-refractivity contribution in [3.8, 4) is 0 Å². The summed E-state index contributed by atoms with van der Waals surface area (Å²) < 4.78 is 0. The average molecular weight is 168 g/mol. The van der Waals surface area contributed by atoms with Gasteiger partial charge in [0.2, 0.25) is 0 Å². The maximum atomic E-state index is 10.1. The van der Waals surface area contributed by atoms with Gasteiger partial charge in [-0.3, -0.25) is 0 Å². The molecule has 0 aromatic carbocycles. The summed E-state index contributed by atoms with van der Waals surface area (Å²) in [5, 5.41) is 10.1. The molecule has 0 amide bonds. The minimum atomic E-state index is -0.219. The second kappa shape index (κ2) is 2.47. The van der Waals surface area contributed by atoms with Crippen molar-refractivity contribution in [3.05, 3.63) is 0 Å². The van der Waals surface area contributed by atoms with Crippen molar-refractivity contribution in [2.24, 2.45) is 23.7 Å². The van der Waals surface area contributed by atoms with Crippen LogP contribution < -0.4 is 0 Å². The van der Waals surface area contributed by atoms with E-state index in [-0.39, 0.29) is 5.60 Å². The predicted molar refractivity (Wildman–Crippen MR) is 49.8 cm³/mol. The van der Waals surface area contributed by atoms with Crippen LogP contribution in [0.3, 0.4) is 0 Å². The van der Waals surface area contributed by atoms with E-state index in [2.05, 4.69) is 20.8 Å². The topological polar surface area (TPSA) is 20.2 Å². The van der Waals surface area contributed by atoms with Crippen molar-refractivity contribution in [3.63, 3.8) is 0 Å². The lowest BCUT2D eigenvalue weighted by atomic mass is 10.0. The van der Waals surface area contributed by atoms with Gasteiger partial charge in [0.05, 0.1) is 5.60 Å². The molecule has 0 aromatic rings. The van der Waals surface area contributed by atoms with Crippen LogP contribution in [0.1, 0.15) is 40.0 Å². The molecule has 2 rings (SSSR count). The Morgan fingerprint density at radius 1 is 1.50 bits per heavy atom. The summed E-state index contributed by atoms with van der Waals surface area (Å²) in [6, 6.07) is 0. The first-order valence-corrected chi connectivity index (χ1v) is 5.26. The first-order chi connectivity index (χ1) is 5.54. The van der Waals surface area contributed by atoms with Gasteiger partial charge in [-0.1, -0.05) is 20.8 Å². The molecule has 1 N–H and O–H groups in total. The fourth-order valence-corrected chi connectivity index (χ4v) is 2.67. The number of aliphatic hydroxyl groups is 1. The van der Waals surface area contributed by atoms with E-state index in [9.17, 15) is 5.11 Å². The Morgan fingerprint density at radius 3 is 2.50 bits per heavy atom. The summed E-state index contributed by atoms with van der Waals surface area (Å²) in [6.07, 6.45) is 3.57. The van der Waals surface area contributed by atoms with Gasteiger partial charge in [0.15, 0.2) is 0 Å². The van der Waals surface area contributed by atoms with E-state index in [1.807, 2.05) is 0 Å². The molecule has 0 saturated heterocycles. The minimum Gasteiger partial charge on any atom is -0.389 e. The van der Waals surface area contributed by atoms with Crippen LogP contribution in [-0.2, 0) is 0 Å². The monoisotopic (exact) mass is 168 g/mol. The molecule has 4 atom stereocenters. The molecule has 0 aromatic heterocycles. The van der Waals surface area contributed by atoms with Gasteiger partial charge in [-0.2, -0.15) is 0 Å². The lowest BCUT2D eigenvalue weighted by Gasteiger charge is -2.10. The summed E-state index contributed by atoms with van der Waals surface area (Å²) in [6.45, 7) is 6.75. The smallest absolute Gasteiger partial charge is 0.0711 e. The van der Waals surface area contributed by atoms with Crippen LogP contribution in [0.25, 0.3) is 0 Å². The first-order valence-electron chi connectivity index (χ1n) is 5.26. The molecular formula is C11H20O. The summed E-state index contributed by atoms with van der Waals surface area (Å²) in [5.41, 5.74) is -0.219.